The van der Waals surface area contributed by atoms with Crippen molar-refractivity contribution in [3.8, 4) is 0 Å². The number of carboxylic acids is 1. The van der Waals surface area contributed by atoms with E-state index < -0.39 is 5.97 Å². The lowest BCUT2D eigenvalue weighted by molar-refractivity contribution is -0.137. The van der Waals surface area contributed by atoms with Crippen LogP contribution in [0.2, 0.25) is 5.82 Å². The van der Waals surface area contributed by atoms with Crippen molar-refractivity contribution in [3.05, 3.63) is 0 Å². The molecule has 0 aromatic carbocycles. The van der Waals surface area contributed by atoms with Crippen molar-refractivity contribution >= 4 is 49.0 Å². The van der Waals surface area contributed by atoms with E-state index in [0.29, 0.717) is 18.0 Å². The lowest BCUT2D eigenvalue weighted by Gasteiger charge is -2.24. The molecule has 0 fully saturated rings. The molecule has 0 amide bonds. The maximum Gasteiger partial charge on any atom is 0.298 e. The summed E-state index contributed by atoms with van der Waals surface area (Å²) in [4.78, 5) is 11.0. The third-order valence-electron chi connectivity index (χ3n) is 2.34. The number of hydrogen-bond donors (Lipinski definition) is 2. The first-order chi connectivity index (χ1) is 7.84. The summed E-state index contributed by atoms with van der Waals surface area (Å²) in [7, 11) is 0.616. The molecule has 0 aliphatic heterocycles. The van der Waals surface area contributed by atoms with Gasteiger partial charge in [-0.05, 0) is 11.1 Å². The lowest BCUT2D eigenvalue weighted by Crippen LogP contribution is -2.31. The molecule has 1 rings (SSSR count). The number of hydrogen-bond acceptors (Lipinski definition) is 6. The fourth-order valence-electron chi connectivity index (χ4n) is 1.52. The molecule has 1 heterocycles. The zero-order valence-corrected chi connectivity index (χ0v) is 12.5. The number of rotatable bonds is 6. The Balaban J connectivity index is 2.64. The summed E-state index contributed by atoms with van der Waals surface area (Å²) in [5, 5.41) is 16.9. The van der Waals surface area contributed by atoms with E-state index in [4.69, 9.17) is 5.11 Å². The van der Waals surface area contributed by atoms with Crippen LogP contribution >= 0.6 is 35.7 Å². The largest absolute Gasteiger partial charge is 0.482 e. The molecule has 4 nitrogen and oxygen atoms in total. The van der Waals surface area contributed by atoms with Gasteiger partial charge >= 0.3 is 0 Å². The topological polar surface area (TPSA) is 63.1 Å². The van der Waals surface area contributed by atoms with E-state index in [2.05, 4.69) is 22.8 Å². The Kier molecular flexibility index (Phi) is 5.34. The van der Waals surface area contributed by atoms with E-state index >= 15 is 0 Å². The highest BCUT2D eigenvalue weighted by Gasteiger charge is 2.30. The van der Waals surface area contributed by atoms with Gasteiger partial charge < -0.3 is 5.11 Å². The summed E-state index contributed by atoms with van der Waals surface area (Å²) >= 11 is 7.09. The lowest BCUT2D eigenvalue weighted by atomic mass is 9.54. The SMILES string of the molecule is CCC(BC(C)(C)Sc1nnc(S)s1)C(=O)O. The predicted octanol–water partition coefficient (Wildman–Crippen LogP) is 2.37. The van der Waals surface area contributed by atoms with Gasteiger partial charge in [-0.3, -0.25) is 4.79 Å². The quantitative estimate of drug-likeness (QED) is 0.478. The van der Waals surface area contributed by atoms with Crippen molar-refractivity contribution in [1.82, 2.24) is 10.2 Å². The molecule has 0 aliphatic rings. The summed E-state index contributed by atoms with van der Waals surface area (Å²) < 4.78 is 1.30. The molecule has 94 valence electrons. The van der Waals surface area contributed by atoms with Gasteiger partial charge in [-0.2, -0.15) is 0 Å². The Morgan fingerprint density at radius 1 is 1.65 bits per heavy atom. The van der Waals surface area contributed by atoms with Gasteiger partial charge in [-0.1, -0.05) is 43.9 Å². The Morgan fingerprint density at radius 2 is 2.29 bits per heavy atom. The minimum absolute atomic E-state index is 0.168. The second-order valence-electron chi connectivity index (χ2n) is 4.36. The van der Waals surface area contributed by atoms with Crippen molar-refractivity contribution < 1.29 is 9.90 Å². The van der Waals surface area contributed by atoms with E-state index in [9.17, 15) is 4.79 Å². The third-order valence-corrected chi connectivity index (χ3v) is 4.70. The van der Waals surface area contributed by atoms with Gasteiger partial charge in [0.2, 0.25) is 0 Å². The van der Waals surface area contributed by atoms with Crippen molar-refractivity contribution in [2.45, 2.75) is 46.3 Å². The maximum atomic E-state index is 11.0. The Labute approximate surface area is 115 Å². The summed E-state index contributed by atoms with van der Waals surface area (Å²) in [5.41, 5.74) is 0. The zero-order valence-electron chi connectivity index (χ0n) is 10.0. The minimum Gasteiger partial charge on any atom is -0.482 e. The molecule has 0 spiro atoms. The van der Waals surface area contributed by atoms with Gasteiger partial charge in [0, 0.05) is 5.82 Å². The fourth-order valence-corrected chi connectivity index (χ4v) is 4.25. The van der Waals surface area contributed by atoms with Crippen LogP contribution in [0.25, 0.3) is 0 Å². The maximum absolute atomic E-state index is 11.0. The Bertz CT molecular complexity index is 397. The van der Waals surface area contributed by atoms with E-state index in [1.807, 2.05) is 20.8 Å². The molecule has 1 aromatic rings. The van der Waals surface area contributed by atoms with Crippen molar-refractivity contribution in [2.75, 3.05) is 0 Å². The van der Waals surface area contributed by atoms with Gasteiger partial charge in [-0.25, -0.2) is 0 Å². The normalized spacial score (nSPS) is 13.4. The first-order valence-electron chi connectivity index (χ1n) is 5.28. The molecule has 1 N–H and O–H groups in total. The molecule has 1 aromatic heterocycles. The van der Waals surface area contributed by atoms with Crippen LogP contribution in [0, 0.1) is 0 Å². The molecule has 17 heavy (non-hydrogen) atoms. The van der Waals surface area contributed by atoms with Gasteiger partial charge in [0.05, 0.1) is 0 Å². The van der Waals surface area contributed by atoms with Gasteiger partial charge in [0.25, 0.3) is 5.97 Å². The third kappa shape index (κ3) is 4.89. The molecule has 1 atom stereocenters. The highest BCUT2D eigenvalue weighted by molar-refractivity contribution is 8.03. The van der Waals surface area contributed by atoms with Gasteiger partial charge in [-0.15, -0.1) is 22.8 Å². The first kappa shape index (κ1) is 14.9. The standard InChI is InChI=1S/C9H15BN2O2S3/c1-4-5(6(13)14)10-9(2,3)17-8-12-11-7(15)16-8/h5,10H,4H2,1-3H3,(H,11,15)(H,13,14). The van der Waals surface area contributed by atoms with Crippen LogP contribution < -0.4 is 0 Å². The van der Waals surface area contributed by atoms with E-state index in [1.54, 1.807) is 11.8 Å². The van der Waals surface area contributed by atoms with Gasteiger partial charge in [0.1, 0.15) is 0 Å². The summed E-state index contributed by atoms with van der Waals surface area (Å²) in [6, 6.07) is 0. The summed E-state index contributed by atoms with van der Waals surface area (Å²) in [5.74, 6) is -1.03. The molecule has 0 aliphatic carbocycles. The number of carbonyl (C=O) groups is 1. The Hall–Kier alpha value is -0.205. The van der Waals surface area contributed by atoms with Gasteiger partial charge in [0.15, 0.2) is 16.0 Å². The predicted molar refractivity (Wildman–Crippen MR) is 75.9 cm³/mol. The average Bonchev–Trinajstić information content (AvgIpc) is 2.59. The number of thiol groups is 1. The van der Waals surface area contributed by atoms with Crippen molar-refractivity contribution in [1.29, 1.82) is 0 Å². The number of nitrogens with zero attached hydrogens (tertiary/aromatic N) is 2. The molecule has 0 saturated heterocycles. The minimum atomic E-state index is -0.728. The highest BCUT2D eigenvalue weighted by Crippen LogP contribution is 2.36. The number of thioether (sulfide) groups is 1. The molecule has 0 saturated carbocycles. The highest BCUT2D eigenvalue weighted by atomic mass is 32.2. The van der Waals surface area contributed by atoms with Crippen LogP contribution in [0.15, 0.2) is 8.68 Å². The van der Waals surface area contributed by atoms with Crippen LogP contribution in [0.3, 0.4) is 0 Å². The van der Waals surface area contributed by atoms with Crippen molar-refractivity contribution in [3.63, 3.8) is 0 Å². The number of carboxylic acid groups (broad SMARTS) is 1. The van der Waals surface area contributed by atoms with Crippen LogP contribution in [0.1, 0.15) is 27.2 Å². The Morgan fingerprint density at radius 3 is 2.71 bits per heavy atom. The molecule has 1 unspecified atom stereocenters. The van der Waals surface area contributed by atoms with Crippen LogP contribution in [-0.4, -0.2) is 33.2 Å². The summed E-state index contributed by atoms with van der Waals surface area (Å²) in [6.07, 6.45) is 0.646. The monoisotopic (exact) mass is 290 g/mol. The number of aromatic nitrogens is 2. The first-order valence-corrected chi connectivity index (χ1v) is 7.36. The second kappa shape index (κ2) is 6.11. The molecule has 0 bridgehead atoms. The number of aliphatic carboxylic acids is 1. The van der Waals surface area contributed by atoms with Crippen LogP contribution in [0.4, 0.5) is 0 Å². The van der Waals surface area contributed by atoms with Crippen molar-refractivity contribution in [2.24, 2.45) is 0 Å². The molecular weight excluding hydrogens is 275 g/mol. The van der Waals surface area contributed by atoms with E-state index in [-0.39, 0.29) is 10.5 Å². The molecule has 0 radical (unpaired) electrons. The van der Waals surface area contributed by atoms with Crippen LogP contribution in [0.5, 0.6) is 0 Å². The van der Waals surface area contributed by atoms with E-state index in [0.717, 1.165) is 4.34 Å². The smallest absolute Gasteiger partial charge is 0.298 e. The zero-order chi connectivity index (χ0) is 13.1. The van der Waals surface area contributed by atoms with Crippen LogP contribution in [-0.2, 0) is 4.79 Å². The second-order valence-corrected chi connectivity index (χ2v) is 8.02. The summed E-state index contributed by atoms with van der Waals surface area (Å²) in [6.45, 7) is 5.96. The fraction of sp³-hybridized carbons (Fsp3) is 0.667. The molecule has 8 heteroatoms. The van der Waals surface area contributed by atoms with E-state index in [1.165, 1.54) is 11.3 Å². The molecular formula is C9H15BN2O2S3. The average molecular weight is 290 g/mol.